The standard InChI is InChI=1S/C25H20FN3OS/c1-25(2)8-5-20-19(23(25)30)3-4-21(29-20)24-28-14-22(31-24)17-11-16(12-18(26)13-17)15-6-9-27-10-7-15/h3-4,6-7,9-14H,5,8H2,1-2H3. The van der Waals surface area contributed by atoms with Gasteiger partial charge in [0.2, 0.25) is 0 Å². The highest BCUT2D eigenvalue weighted by Crippen LogP contribution is 2.37. The molecule has 3 heterocycles. The van der Waals surface area contributed by atoms with E-state index in [0.717, 1.165) is 50.8 Å². The number of ketones is 1. The zero-order valence-corrected chi connectivity index (χ0v) is 18.0. The maximum absolute atomic E-state index is 14.3. The number of Topliss-reactive ketones (excluding diaryl/α,β-unsaturated/α-hetero) is 1. The number of aryl methyl sites for hydroxylation is 1. The molecule has 0 saturated carbocycles. The van der Waals surface area contributed by atoms with Gasteiger partial charge >= 0.3 is 0 Å². The molecule has 0 unspecified atom stereocenters. The summed E-state index contributed by atoms with van der Waals surface area (Å²) in [7, 11) is 0. The lowest BCUT2D eigenvalue weighted by molar-refractivity contribution is 0.0809. The molecule has 0 atom stereocenters. The van der Waals surface area contributed by atoms with Crippen LogP contribution in [0, 0.1) is 11.2 Å². The van der Waals surface area contributed by atoms with Gasteiger partial charge in [-0.1, -0.05) is 13.8 Å². The van der Waals surface area contributed by atoms with Crippen molar-refractivity contribution >= 4 is 17.1 Å². The number of benzene rings is 1. The van der Waals surface area contributed by atoms with Gasteiger partial charge in [0.05, 0.1) is 16.3 Å². The zero-order chi connectivity index (χ0) is 21.6. The summed E-state index contributed by atoms with van der Waals surface area (Å²) in [4.78, 5) is 26.8. The third-order valence-corrected chi connectivity index (χ3v) is 6.81. The van der Waals surface area contributed by atoms with Crippen LogP contribution in [0.5, 0.6) is 0 Å². The fourth-order valence-electron chi connectivity index (χ4n) is 3.90. The largest absolute Gasteiger partial charge is 0.294 e. The van der Waals surface area contributed by atoms with E-state index in [1.54, 1.807) is 18.6 Å². The molecule has 1 aromatic carbocycles. The molecule has 0 fully saturated rings. The van der Waals surface area contributed by atoms with E-state index >= 15 is 0 Å². The highest BCUT2D eigenvalue weighted by molar-refractivity contribution is 7.18. The minimum Gasteiger partial charge on any atom is -0.294 e. The second-order valence-electron chi connectivity index (χ2n) is 8.40. The Morgan fingerprint density at radius 3 is 2.58 bits per heavy atom. The Bertz CT molecular complexity index is 1300. The summed E-state index contributed by atoms with van der Waals surface area (Å²) in [6.45, 7) is 3.97. The number of nitrogens with zero attached hydrogens (tertiary/aromatic N) is 3. The first-order valence-corrected chi connectivity index (χ1v) is 10.9. The molecule has 0 N–H and O–H groups in total. The lowest BCUT2D eigenvalue weighted by Gasteiger charge is -2.28. The molecule has 1 aliphatic rings. The van der Waals surface area contributed by atoms with E-state index in [-0.39, 0.29) is 17.0 Å². The average Bonchev–Trinajstić information content (AvgIpc) is 3.27. The van der Waals surface area contributed by atoms with Crippen molar-refractivity contribution in [1.82, 2.24) is 15.0 Å². The van der Waals surface area contributed by atoms with Crippen LogP contribution in [-0.2, 0) is 6.42 Å². The van der Waals surface area contributed by atoms with Crippen LogP contribution in [-0.4, -0.2) is 20.7 Å². The molecule has 0 aliphatic heterocycles. The van der Waals surface area contributed by atoms with E-state index in [1.807, 2.05) is 44.2 Å². The quantitative estimate of drug-likeness (QED) is 0.387. The van der Waals surface area contributed by atoms with Crippen molar-refractivity contribution < 1.29 is 9.18 Å². The van der Waals surface area contributed by atoms with Crippen LogP contribution in [0.1, 0.15) is 36.3 Å². The van der Waals surface area contributed by atoms with Crippen molar-refractivity contribution in [3.8, 4) is 32.3 Å². The van der Waals surface area contributed by atoms with Gasteiger partial charge in [-0.15, -0.1) is 11.3 Å². The normalized spacial score (nSPS) is 15.0. The Morgan fingerprint density at radius 2 is 1.77 bits per heavy atom. The zero-order valence-electron chi connectivity index (χ0n) is 17.2. The molecular weight excluding hydrogens is 409 g/mol. The number of hydrogen-bond acceptors (Lipinski definition) is 5. The third-order valence-electron chi connectivity index (χ3n) is 5.74. The maximum Gasteiger partial charge on any atom is 0.170 e. The lowest BCUT2D eigenvalue weighted by Crippen LogP contribution is -2.31. The molecule has 1 aliphatic carbocycles. The Kier molecular flexibility index (Phi) is 4.74. The molecule has 5 rings (SSSR count). The first-order valence-electron chi connectivity index (χ1n) is 10.1. The van der Waals surface area contributed by atoms with Crippen molar-refractivity contribution in [3.63, 3.8) is 0 Å². The molecule has 154 valence electrons. The monoisotopic (exact) mass is 429 g/mol. The number of hydrogen-bond donors (Lipinski definition) is 0. The number of fused-ring (bicyclic) bond motifs is 1. The molecule has 0 radical (unpaired) electrons. The second kappa shape index (κ2) is 7.46. The Labute approximate surface area is 183 Å². The topological polar surface area (TPSA) is 55.7 Å². The summed E-state index contributed by atoms with van der Waals surface area (Å²) in [5.41, 5.74) is 4.42. The van der Waals surface area contributed by atoms with Crippen molar-refractivity contribution in [3.05, 3.63) is 78.1 Å². The average molecular weight is 430 g/mol. The highest BCUT2D eigenvalue weighted by Gasteiger charge is 2.35. The van der Waals surface area contributed by atoms with Gasteiger partial charge < -0.3 is 0 Å². The van der Waals surface area contributed by atoms with Crippen LogP contribution in [0.25, 0.3) is 32.3 Å². The SMILES string of the molecule is CC1(C)CCc2nc(-c3ncc(-c4cc(F)cc(-c5ccncc5)c4)s3)ccc2C1=O. The number of carbonyl (C=O) groups is 1. The number of thiazole rings is 1. The van der Waals surface area contributed by atoms with Crippen LogP contribution in [0.15, 0.2) is 61.1 Å². The summed E-state index contributed by atoms with van der Waals surface area (Å²) in [6.07, 6.45) is 6.70. The fourth-order valence-corrected chi connectivity index (χ4v) is 4.77. The summed E-state index contributed by atoms with van der Waals surface area (Å²) in [5.74, 6) is -0.150. The molecule has 4 aromatic rings. The van der Waals surface area contributed by atoms with E-state index in [2.05, 4.69) is 9.97 Å². The number of pyridine rings is 2. The molecule has 0 amide bonds. The number of rotatable bonds is 3. The van der Waals surface area contributed by atoms with Gasteiger partial charge in [0.25, 0.3) is 0 Å². The maximum atomic E-state index is 14.3. The molecule has 3 aromatic heterocycles. The van der Waals surface area contributed by atoms with E-state index in [9.17, 15) is 9.18 Å². The second-order valence-corrected chi connectivity index (χ2v) is 9.43. The van der Waals surface area contributed by atoms with Crippen molar-refractivity contribution in [2.24, 2.45) is 5.41 Å². The van der Waals surface area contributed by atoms with Crippen molar-refractivity contribution in [2.45, 2.75) is 26.7 Å². The van der Waals surface area contributed by atoms with Gasteiger partial charge in [0.15, 0.2) is 5.78 Å². The molecule has 6 heteroatoms. The van der Waals surface area contributed by atoms with Crippen LogP contribution < -0.4 is 0 Å². The molecule has 0 saturated heterocycles. The van der Waals surface area contributed by atoms with Gasteiger partial charge in [-0.25, -0.2) is 14.4 Å². The summed E-state index contributed by atoms with van der Waals surface area (Å²) >= 11 is 1.47. The molecule has 31 heavy (non-hydrogen) atoms. The molecule has 0 spiro atoms. The fraction of sp³-hybridized carbons (Fsp3) is 0.200. The van der Waals surface area contributed by atoms with Gasteiger partial charge in [-0.2, -0.15) is 0 Å². The van der Waals surface area contributed by atoms with E-state index < -0.39 is 0 Å². The van der Waals surface area contributed by atoms with Gasteiger partial charge in [-0.05, 0) is 72.0 Å². The van der Waals surface area contributed by atoms with Crippen molar-refractivity contribution in [1.29, 1.82) is 0 Å². The minimum absolute atomic E-state index is 0.149. The van der Waals surface area contributed by atoms with Crippen LogP contribution >= 0.6 is 11.3 Å². The Balaban J connectivity index is 1.49. The van der Waals surface area contributed by atoms with Crippen LogP contribution in [0.4, 0.5) is 4.39 Å². The Hall–Kier alpha value is -3.25. The van der Waals surface area contributed by atoms with E-state index in [0.29, 0.717) is 5.56 Å². The van der Waals surface area contributed by atoms with Crippen molar-refractivity contribution in [2.75, 3.05) is 0 Å². The predicted molar refractivity (Wildman–Crippen MR) is 120 cm³/mol. The summed E-state index contributed by atoms with van der Waals surface area (Å²) in [6, 6.07) is 12.4. The lowest BCUT2D eigenvalue weighted by atomic mass is 9.75. The summed E-state index contributed by atoms with van der Waals surface area (Å²) < 4.78 is 14.3. The molecular formula is C25H20FN3OS. The smallest absolute Gasteiger partial charge is 0.170 e. The number of aromatic nitrogens is 3. The molecule has 0 bridgehead atoms. The van der Waals surface area contributed by atoms with Gasteiger partial charge in [0, 0.05) is 29.6 Å². The first kappa shape index (κ1) is 19.7. The minimum atomic E-state index is -0.339. The van der Waals surface area contributed by atoms with E-state index in [4.69, 9.17) is 4.98 Å². The van der Waals surface area contributed by atoms with Crippen LogP contribution in [0.2, 0.25) is 0 Å². The van der Waals surface area contributed by atoms with E-state index in [1.165, 1.54) is 23.5 Å². The third kappa shape index (κ3) is 3.68. The number of carbonyl (C=O) groups excluding carboxylic acids is 1. The van der Waals surface area contributed by atoms with Gasteiger partial charge in [-0.3, -0.25) is 9.78 Å². The molecule has 4 nitrogen and oxygen atoms in total. The summed E-state index contributed by atoms with van der Waals surface area (Å²) in [5, 5.41) is 0.754. The predicted octanol–water partition coefficient (Wildman–Crippen LogP) is 6.23. The number of halogens is 1. The highest BCUT2D eigenvalue weighted by atomic mass is 32.1. The Morgan fingerprint density at radius 1 is 1.00 bits per heavy atom. The first-order chi connectivity index (χ1) is 14.9. The van der Waals surface area contributed by atoms with Crippen LogP contribution in [0.3, 0.4) is 0 Å². The van der Waals surface area contributed by atoms with Gasteiger partial charge in [0.1, 0.15) is 10.8 Å².